The average molecular weight is 236 g/mol. The standard InChI is InChI=1S/C11H10ClN3O/c1-13-11-14-7-9(12)10(15-11)16-8-5-3-2-4-6-8/h2-7H,1H3,(H,13,14,15). The summed E-state index contributed by atoms with van der Waals surface area (Å²) in [5.74, 6) is 1.49. The highest BCUT2D eigenvalue weighted by Crippen LogP contribution is 2.26. The first-order valence-electron chi connectivity index (χ1n) is 4.73. The van der Waals surface area contributed by atoms with Crippen molar-refractivity contribution < 1.29 is 4.74 Å². The van der Waals surface area contributed by atoms with Crippen molar-refractivity contribution in [2.45, 2.75) is 0 Å². The molecule has 0 spiro atoms. The SMILES string of the molecule is CNc1ncc(Cl)c(Oc2ccccc2)n1. The third kappa shape index (κ3) is 2.41. The average Bonchev–Trinajstić information content (AvgIpc) is 2.33. The molecule has 1 aromatic heterocycles. The highest BCUT2D eigenvalue weighted by molar-refractivity contribution is 6.31. The van der Waals surface area contributed by atoms with Crippen LogP contribution in [0.2, 0.25) is 5.02 Å². The fourth-order valence-corrected chi connectivity index (χ4v) is 1.27. The van der Waals surface area contributed by atoms with E-state index in [0.29, 0.717) is 22.6 Å². The van der Waals surface area contributed by atoms with Crippen LogP contribution in [0.4, 0.5) is 5.95 Å². The summed E-state index contributed by atoms with van der Waals surface area (Å²) < 4.78 is 5.53. The third-order valence-electron chi connectivity index (χ3n) is 1.89. The zero-order chi connectivity index (χ0) is 11.4. The number of anilines is 1. The number of rotatable bonds is 3. The maximum absolute atomic E-state index is 5.93. The Morgan fingerprint density at radius 3 is 2.69 bits per heavy atom. The summed E-state index contributed by atoms with van der Waals surface area (Å²) in [5, 5.41) is 3.20. The smallest absolute Gasteiger partial charge is 0.243 e. The second-order valence-electron chi connectivity index (χ2n) is 3.01. The Morgan fingerprint density at radius 2 is 2.00 bits per heavy atom. The summed E-state index contributed by atoms with van der Waals surface area (Å²) >= 11 is 5.93. The zero-order valence-electron chi connectivity index (χ0n) is 8.64. The minimum Gasteiger partial charge on any atom is -0.437 e. The summed E-state index contributed by atoms with van der Waals surface area (Å²) in [6.45, 7) is 0. The van der Waals surface area contributed by atoms with Crippen LogP contribution in [0.5, 0.6) is 11.6 Å². The van der Waals surface area contributed by atoms with E-state index in [4.69, 9.17) is 16.3 Å². The minimum absolute atomic E-state index is 0.340. The van der Waals surface area contributed by atoms with Gasteiger partial charge in [0.15, 0.2) is 0 Å². The van der Waals surface area contributed by atoms with Crippen LogP contribution in [0, 0.1) is 0 Å². The maximum Gasteiger partial charge on any atom is 0.243 e. The maximum atomic E-state index is 5.93. The van der Waals surface area contributed by atoms with E-state index in [1.54, 1.807) is 7.05 Å². The summed E-state index contributed by atoms with van der Waals surface area (Å²) in [5.41, 5.74) is 0. The van der Waals surface area contributed by atoms with E-state index in [2.05, 4.69) is 15.3 Å². The van der Waals surface area contributed by atoms with Crippen LogP contribution in [0.1, 0.15) is 0 Å². The number of nitrogens with zero attached hydrogens (tertiary/aromatic N) is 2. The molecule has 0 bridgehead atoms. The Balaban J connectivity index is 2.27. The van der Waals surface area contributed by atoms with Gasteiger partial charge >= 0.3 is 0 Å². The van der Waals surface area contributed by atoms with Crippen LogP contribution in [-0.2, 0) is 0 Å². The normalized spacial score (nSPS) is 9.88. The van der Waals surface area contributed by atoms with Gasteiger partial charge in [0.05, 0.1) is 6.20 Å². The molecule has 2 aromatic rings. The molecule has 0 saturated heterocycles. The molecule has 0 aliphatic rings. The third-order valence-corrected chi connectivity index (χ3v) is 2.15. The first-order valence-corrected chi connectivity index (χ1v) is 5.10. The van der Waals surface area contributed by atoms with Crippen molar-refractivity contribution in [1.29, 1.82) is 0 Å². The number of nitrogens with one attached hydrogen (secondary N) is 1. The summed E-state index contributed by atoms with van der Waals surface area (Å²) in [6.07, 6.45) is 1.50. The van der Waals surface area contributed by atoms with Crippen molar-refractivity contribution >= 4 is 17.5 Å². The molecule has 4 nitrogen and oxygen atoms in total. The van der Waals surface area contributed by atoms with E-state index in [1.807, 2.05) is 30.3 Å². The molecule has 1 aromatic carbocycles. The number of halogens is 1. The van der Waals surface area contributed by atoms with Gasteiger partial charge < -0.3 is 10.1 Å². The summed E-state index contributed by atoms with van der Waals surface area (Å²) in [7, 11) is 1.73. The van der Waals surface area contributed by atoms with Crippen molar-refractivity contribution in [2.75, 3.05) is 12.4 Å². The van der Waals surface area contributed by atoms with E-state index in [9.17, 15) is 0 Å². The van der Waals surface area contributed by atoms with Crippen molar-refractivity contribution in [3.63, 3.8) is 0 Å². The Kier molecular flexibility index (Phi) is 3.22. The van der Waals surface area contributed by atoms with Gasteiger partial charge in [0.25, 0.3) is 0 Å². The van der Waals surface area contributed by atoms with E-state index < -0.39 is 0 Å². The van der Waals surface area contributed by atoms with Gasteiger partial charge in [-0.05, 0) is 12.1 Å². The second-order valence-corrected chi connectivity index (χ2v) is 3.42. The molecule has 0 radical (unpaired) electrons. The molecule has 1 heterocycles. The van der Waals surface area contributed by atoms with Crippen LogP contribution in [-0.4, -0.2) is 17.0 Å². The van der Waals surface area contributed by atoms with E-state index in [0.717, 1.165) is 0 Å². The van der Waals surface area contributed by atoms with Crippen molar-refractivity contribution in [1.82, 2.24) is 9.97 Å². The van der Waals surface area contributed by atoms with Crippen molar-refractivity contribution in [3.05, 3.63) is 41.6 Å². The van der Waals surface area contributed by atoms with E-state index in [-0.39, 0.29) is 0 Å². The second kappa shape index (κ2) is 4.81. The minimum atomic E-state index is 0.340. The Hall–Kier alpha value is -1.81. The molecule has 0 aliphatic carbocycles. The fraction of sp³-hybridized carbons (Fsp3) is 0.0909. The van der Waals surface area contributed by atoms with Gasteiger partial charge in [-0.3, -0.25) is 0 Å². The van der Waals surface area contributed by atoms with Crippen LogP contribution in [0.15, 0.2) is 36.5 Å². The quantitative estimate of drug-likeness (QED) is 0.889. The summed E-state index contributed by atoms with van der Waals surface area (Å²) in [6, 6.07) is 9.33. The molecule has 0 aliphatic heterocycles. The number of para-hydroxylation sites is 1. The highest BCUT2D eigenvalue weighted by Gasteiger charge is 2.06. The molecule has 0 amide bonds. The van der Waals surface area contributed by atoms with E-state index >= 15 is 0 Å². The molecule has 0 fully saturated rings. The number of aromatic nitrogens is 2. The fourth-order valence-electron chi connectivity index (χ4n) is 1.14. The zero-order valence-corrected chi connectivity index (χ0v) is 9.40. The predicted molar refractivity (Wildman–Crippen MR) is 63.1 cm³/mol. The number of ether oxygens (including phenoxy) is 1. The summed E-state index contributed by atoms with van der Waals surface area (Å²) in [4.78, 5) is 8.07. The van der Waals surface area contributed by atoms with Crippen LogP contribution < -0.4 is 10.1 Å². The van der Waals surface area contributed by atoms with Gasteiger partial charge in [-0.2, -0.15) is 4.98 Å². The van der Waals surface area contributed by atoms with Crippen LogP contribution in [0.25, 0.3) is 0 Å². The number of hydrogen-bond donors (Lipinski definition) is 1. The lowest BCUT2D eigenvalue weighted by molar-refractivity contribution is 0.462. The first-order chi connectivity index (χ1) is 7.79. The van der Waals surface area contributed by atoms with Gasteiger partial charge in [0.2, 0.25) is 11.8 Å². The molecule has 82 valence electrons. The number of hydrogen-bond acceptors (Lipinski definition) is 4. The molecule has 1 N–H and O–H groups in total. The molecule has 2 rings (SSSR count). The van der Waals surface area contributed by atoms with Gasteiger partial charge in [-0.1, -0.05) is 29.8 Å². The monoisotopic (exact) mass is 235 g/mol. The molecular formula is C11H10ClN3O. The number of benzene rings is 1. The van der Waals surface area contributed by atoms with Crippen LogP contribution in [0.3, 0.4) is 0 Å². The van der Waals surface area contributed by atoms with E-state index in [1.165, 1.54) is 6.20 Å². The Labute approximate surface area is 98.3 Å². The largest absolute Gasteiger partial charge is 0.437 e. The van der Waals surface area contributed by atoms with Gasteiger partial charge in [0.1, 0.15) is 10.8 Å². The van der Waals surface area contributed by atoms with Crippen LogP contribution >= 0.6 is 11.6 Å². The van der Waals surface area contributed by atoms with Gasteiger partial charge in [-0.25, -0.2) is 4.98 Å². The molecule has 5 heteroatoms. The highest BCUT2D eigenvalue weighted by atomic mass is 35.5. The lowest BCUT2D eigenvalue weighted by atomic mass is 10.3. The molecule has 16 heavy (non-hydrogen) atoms. The topological polar surface area (TPSA) is 47.0 Å². The predicted octanol–water partition coefficient (Wildman–Crippen LogP) is 2.96. The van der Waals surface area contributed by atoms with Crippen molar-refractivity contribution in [3.8, 4) is 11.6 Å². The van der Waals surface area contributed by atoms with Gasteiger partial charge in [0, 0.05) is 7.05 Å². The first kappa shape index (κ1) is 10.7. The molecule has 0 saturated carbocycles. The molecule has 0 atom stereocenters. The lowest BCUT2D eigenvalue weighted by Gasteiger charge is -2.07. The lowest BCUT2D eigenvalue weighted by Crippen LogP contribution is -1.98. The molecular weight excluding hydrogens is 226 g/mol. The molecule has 0 unspecified atom stereocenters. The van der Waals surface area contributed by atoms with Crippen molar-refractivity contribution in [2.24, 2.45) is 0 Å². The van der Waals surface area contributed by atoms with Gasteiger partial charge in [-0.15, -0.1) is 0 Å². The Morgan fingerprint density at radius 1 is 1.25 bits per heavy atom. The Bertz CT molecular complexity index is 476.